The summed E-state index contributed by atoms with van der Waals surface area (Å²) in [6.07, 6.45) is 3.88. The van der Waals surface area contributed by atoms with Crippen LogP contribution in [0.5, 0.6) is 0 Å². The number of aliphatic hydroxyl groups is 1. The standard InChI is InChI=1S/C15H24O/c1-4-14(5-2)15(16)10-9-13-8-6-7-12(3)11-13/h6-8,11,14-16H,4-5,9-10H2,1-3H3. The average molecular weight is 220 g/mol. The average Bonchev–Trinajstić information content (AvgIpc) is 2.28. The molecule has 1 aromatic carbocycles. The number of hydrogen-bond acceptors (Lipinski definition) is 1. The van der Waals surface area contributed by atoms with Crippen LogP contribution in [0.2, 0.25) is 0 Å². The Morgan fingerprint density at radius 2 is 1.88 bits per heavy atom. The van der Waals surface area contributed by atoms with E-state index >= 15 is 0 Å². The van der Waals surface area contributed by atoms with Crippen molar-refractivity contribution in [3.05, 3.63) is 35.4 Å². The molecule has 0 amide bonds. The van der Waals surface area contributed by atoms with Gasteiger partial charge in [-0.25, -0.2) is 0 Å². The quantitative estimate of drug-likeness (QED) is 0.774. The van der Waals surface area contributed by atoms with Gasteiger partial charge >= 0.3 is 0 Å². The van der Waals surface area contributed by atoms with Crippen molar-refractivity contribution in [3.63, 3.8) is 0 Å². The van der Waals surface area contributed by atoms with E-state index in [4.69, 9.17) is 0 Å². The summed E-state index contributed by atoms with van der Waals surface area (Å²) >= 11 is 0. The van der Waals surface area contributed by atoms with Crippen molar-refractivity contribution in [1.82, 2.24) is 0 Å². The van der Waals surface area contributed by atoms with Gasteiger partial charge in [0.05, 0.1) is 6.10 Å². The first kappa shape index (κ1) is 13.2. The van der Waals surface area contributed by atoms with Gasteiger partial charge in [0.15, 0.2) is 0 Å². The van der Waals surface area contributed by atoms with Crippen LogP contribution in [0, 0.1) is 12.8 Å². The largest absolute Gasteiger partial charge is 0.393 e. The molecule has 1 unspecified atom stereocenters. The molecule has 1 N–H and O–H groups in total. The summed E-state index contributed by atoms with van der Waals surface area (Å²) in [6.45, 7) is 6.43. The summed E-state index contributed by atoms with van der Waals surface area (Å²) in [6, 6.07) is 8.56. The maximum absolute atomic E-state index is 10.0. The Morgan fingerprint density at radius 3 is 2.44 bits per heavy atom. The van der Waals surface area contributed by atoms with Gasteiger partial charge in [0.2, 0.25) is 0 Å². The SMILES string of the molecule is CCC(CC)C(O)CCc1cccc(C)c1. The van der Waals surface area contributed by atoms with Crippen molar-refractivity contribution in [1.29, 1.82) is 0 Å². The molecular weight excluding hydrogens is 196 g/mol. The molecule has 0 saturated heterocycles. The molecule has 0 fully saturated rings. The van der Waals surface area contributed by atoms with Crippen LogP contribution in [-0.4, -0.2) is 11.2 Å². The second-order valence-corrected chi connectivity index (χ2v) is 4.67. The van der Waals surface area contributed by atoms with Crippen LogP contribution in [0.1, 0.15) is 44.2 Å². The van der Waals surface area contributed by atoms with Crippen LogP contribution < -0.4 is 0 Å². The van der Waals surface area contributed by atoms with Gasteiger partial charge in [-0.3, -0.25) is 0 Å². The summed E-state index contributed by atoms with van der Waals surface area (Å²) in [5.74, 6) is 0.463. The van der Waals surface area contributed by atoms with Crippen LogP contribution in [0.25, 0.3) is 0 Å². The zero-order valence-corrected chi connectivity index (χ0v) is 10.7. The zero-order chi connectivity index (χ0) is 12.0. The monoisotopic (exact) mass is 220 g/mol. The Hall–Kier alpha value is -0.820. The van der Waals surface area contributed by atoms with Gasteiger partial charge in [0, 0.05) is 0 Å². The highest BCUT2D eigenvalue weighted by Gasteiger charge is 2.14. The molecule has 0 radical (unpaired) electrons. The minimum atomic E-state index is -0.143. The van der Waals surface area contributed by atoms with E-state index in [1.165, 1.54) is 11.1 Å². The van der Waals surface area contributed by atoms with Crippen LogP contribution in [-0.2, 0) is 6.42 Å². The lowest BCUT2D eigenvalue weighted by Gasteiger charge is -2.19. The molecule has 0 saturated carbocycles. The van der Waals surface area contributed by atoms with Crippen LogP contribution >= 0.6 is 0 Å². The van der Waals surface area contributed by atoms with Crippen molar-refractivity contribution >= 4 is 0 Å². The van der Waals surface area contributed by atoms with E-state index < -0.39 is 0 Å². The van der Waals surface area contributed by atoms with E-state index in [9.17, 15) is 5.11 Å². The molecule has 1 atom stereocenters. The normalized spacial score (nSPS) is 13.1. The molecule has 0 aromatic heterocycles. The van der Waals surface area contributed by atoms with Crippen molar-refractivity contribution < 1.29 is 5.11 Å². The smallest absolute Gasteiger partial charge is 0.0571 e. The molecule has 0 heterocycles. The van der Waals surface area contributed by atoms with E-state index in [-0.39, 0.29) is 6.10 Å². The Kier molecular flexibility index (Phi) is 5.54. The fraction of sp³-hybridized carbons (Fsp3) is 0.600. The molecular formula is C15H24O. The zero-order valence-electron chi connectivity index (χ0n) is 10.7. The molecule has 16 heavy (non-hydrogen) atoms. The van der Waals surface area contributed by atoms with Crippen LogP contribution in [0.3, 0.4) is 0 Å². The van der Waals surface area contributed by atoms with Crippen molar-refractivity contribution in [2.45, 2.75) is 52.6 Å². The van der Waals surface area contributed by atoms with Crippen LogP contribution in [0.4, 0.5) is 0 Å². The fourth-order valence-corrected chi connectivity index (χ4v) is 2.25. The third-order valence-corrected chi connectivity index (χ3v) is 3.40. The first-order valence-electron chi connectivity index (χ1n) is 6.41. The Labute approximate surface area is 99.5 Å². The minimum Gasteiger partial charge on any atom is -0.393 e. The maximum atomic E-state index is 10.0. The van der Waals surface area contributed by atoms with E-state index in [2.05, 4.69) is 45.0 Å². The van der Waals surface area contributed by atoms with E-state index in [1.807, 2.05) is 0 Å². The number of benzene rings is 1. The lowest BCUT2D eigenvalue weighted by molar-refractivity contribution is 0.0945. The Bertz CT molecular complexity index is 302. The molecule has 90 valence electrons. The molecule has 1 aromatic rings. The number of aliphatic hydroxyl groups excluding tert-OH is 1. The summed E-state index contributed by atoms with van der Waals surface area (Å²) in [4.78, 5) is 0. The van der Waals surface area contributed by atoms with Gasteiger partial charge in [0.1, 0.15) is 0 Å². The first-order chi connectivity index (χ1) is 7.67. The predicted octanol–water partition coefficient (Wildman–Crippen LogP) is 3.72. The second-order valence-electron chi connectivity index (χ2n) is 4.67. The van der Waals surface area contributed by atoms with E-state index in [0.29, 0.717) is 5.92 Å². The summed E-state index contributed by atoms with van der Waals surface area (Å²) in [7, 11) is 0. The Morgan fingerprint density at radius 1 is 1.19 bits per heavy atom. The van der Waals surface area contributed by atoms with Gasteiger partial charge in [-0.2, -0.15) is 0 Å². The van der Waals surface area contributed by atoms with E-state index in [0.717, 1.165) is 25.7 Å². The van der Waals surface area contributed by atoms with Crippen LogP contribution in [0.15, 0.2) is 24.3 Å². The number of aryl methyl sites for hydroxylation is 2. The van der Waals surface area contributed by atoms with Gasteiger partial charge in [-0.15, -0.1) is 0 Å². The minimum absolute atomic E-state index is 0.143. The third kappa shape index (κ3) is 3.97. The lowest BCUT2D eigenvalue weighted by atomic mass is 9.92. The highest BCUT2D eigenvalue weighted by Crippen LogP contribution is 2.18. The number of rotatable bonds is 6. The van der Waals surface area contributed by atoms with Gasteiger partial charge in [-0.05, 0) is 31.2 Å². The maximum Gasteiger partial charge on any atom is 0.0571 e. The lowest BCUT2D eigenvalue weighted by Crippen LogP contribution is -2.19. The summed E-state index contributed by atoms with van der Waals surface area (Å²) < 4.78 is 0. The molecule has 1 nitrogen and oxygen atoms in total. The number of hydrogen-bond donors (Lipinski definition) is 1. The molecule has 0 spiro atoms. The molecule has 1 rings (SSSR count). The summed E-state index contributed by atoms with van der Waals surface area (Å²) in [5, 5.41) is 10.0. The Balaban J connectivity index is 2.45. The van der Waals surface area contributed by atoms with Crippen molar-refractivity contribution in [2.75, 3.05) is 0 Å². The molecule has 0 aliphatic rings. The van der Waals surface area contributed by atoms with Gasteiger partial charge in [0.25, 0.3) is 0 Å². The summed E-state index contributed by atoms with van der Waals surface area (Å²) in [5.41, 5.74) is 2.64. The third-order valence-electron chi connectivity index (χ3n) is 3.40. The van der Waals surface area contributed by atoms with Gasteiger partial charge < -0.3 is 5.11 Å². The highest BCUT2D eigenvalue weighted by molar-refractivity contribution is 5.22. The highest BCUT2D eigenvalue weighted by atomic mass is 16.3. The van der Waals surface area contributed by atoms with E-state index in [1.54, 1.807) is 0 Å². The topological polar surface area (TPSA) is 20.2 Å². The van der Waals surface area contributed by atoms with Gasteiger partial charge in [-0.1, -0.05) is 56.5 Å². The fourth-order valence-electron chi connectivity index (χ4n) is 2.25. The molecule has 0 aliphatic heterocycles. The molecule has 0 aliphatic carbocycles. The first-order valence-corrected chi connectivity index (χ1v) is 6.41. The van der Waals surface area contributed by atoms with Crippen molar-refractivity contribution in [3.8, 4) is 0 Å². The molecule has 0 bridgehead atoms. The second kappa shape index (κ2) is 6.70. The van der Waals surface area contributed by atoms with Crippen molar-refractivity contribution in [2.24, 2.45) is 5.92 Å². The molecule has 1 heteroatoms. The predicted molar refractivity (Wildman–Crippen MR) is 69.6 cm³/mol.